The van der Waals surface area contributed by atoms with Gasteiger partial charge in [0.15, 0.2) is 0 Å². The molecule has 1 aromatic heterocycles. The van der Waals surface area contributed by atoms with Gasteiger partial charge in [0, 0.05) is 24.6 Å². The lowest BCUT2D eigenvalue weighted by Crippen LogP contribution is -2.43. The number of hydrogen-bond acceptors (Lipinski definition) is 5. The van der Waals surface area contributed by atoms with Crippen molar-refractivity contribution in [3.63, 3.8) is 0 Å². The predicted octanol–water partition coefficient (Wildman–Crippen LogP) is 3.27. The molecule has 6 heteroatoms. The number of aromatic nitrogens is 1. The van der Waals surface area contributed by atoms with Crippen molar-refractivity contribution in [1.29, 1.82) is 0 Å². The quantitative estimate of drug-likeness (QED) is 0.843. The van der Waals surface area contributed by atoms with Gasteiger partial charge < -0.3 is 15.4 Å². The lowest BCUT2D eigenvalue weighted by molar-refractivity contribution is 0.148. The topological polar surface area (TPSA) is 80.5 Å². The number of piperidine rings is 1. The van der Waals surface area contributed by atoms with E-state index in [1.54, 1.807) is 24.5 Å². The third-order valence-electron chi connectivity index (χ3n) is 4.23. The van der Waals surface area contributed by atoms with Crippen LogP contribution >= 0.6 is 0 Å². The molecule has 24 heavy (non-hydrogen) atoms. The third kappa shape index (κ3) is 3.95. The van der Waals surface area contributed by atoms with Gasteiger partial charge in [-0.2, -0.15) is 0 Å². The fourth-order valence-electron chi connectivity index (χ4n) is 2.98. The first kappa shape index (κ1) is 16.1. The molecule has 0 spiro atoms. The second kappa shape index (κ2) is 7.68. The van der Waals surface area contributed by atoms with Crippen molar-refractivity contribution in [2.24, 2.45) is 0 Å². The fourth-order valence-corrected chi connectivity index (χ4v) is 2.98. The Balaban J connectivity index is 1.58. The first-order valence-corrected chi connectivity index (χ1v) is 8.19. The van der Waals surface area contributed by atoms with Crippen LogP contribution in [0.3, 0.4) is 0 Å². The number of nitrogens with two attached hydrogens (primary N) is 1. The van der Waals surface area contributed by atoms with Gasteiger partial charge in [-0.1, -0.05) is 12.1 Å². The second-order valence-corrected chi connectivity index (χ2v) is 5.86. The second-order valence-electron chi connectivity index (χ2n) is 5.86. The smallest absolute Gasteiger partial charge is 0.411 e. The highest BCUT2D eigenvalue weighted by Gasteiger charge is 2.24. The maximum absolute atomic E-state index is 12.0. The molecule has 1 fully saturated rings. The number of carbonyl (C=O) groups excluding carboxylic acids is 1. The maximum Gasteiger partial charge on any atom is 0.411 e. The molecule has 1 aliphatic rings. The number of carbonyl (C=O) groups is 1. The van der Waals surface area contributed by atoms with Crippen molar-refractivity contribution in [3.8, 4) is 0 Å². The molecule has 1 aliphatic heterocycles. The first-order chi connectivity index (χ1) is 11.7. The van der Waals surface area contributed by atoms with E-state index in [0.717, 1.165) is 31.5 Å². The summed E-state index contributed by atoms with van der Waals surface area (Å²) in [5.41, 5.74) is 8.02. The van der Waals surface area contributed by atoms with Gasteiger partial charge in [0.05, 0.1) is 17.4 Å². The summed E-state index contributed by atoms with van der Waals surface area (Å²) in [7, 11) is 0. The Morgan fingerprint density at radius 1 is 1.25 bits per heavy atom. The van der Waals surface area contributed by atoms with Gasteiger partial charge in [-0.3, -0.25) is 10.3 Å². The van der Waals surface area contributed by atoms with Gasteiger partial charge in [0.1, 0.15) is 6.61 Å². The van der Waals surface area contributed by atoms with Crippen LogP contribution < -0.4 is 16.0 Å². The van der Waals surface area contributed by atoms with Crippen molar-refractivity contribution in [2.45, 2.75) is 25.3 Å². The van der Waals surface area contributed by atoms with E-state index in [4.69, 9.17) is 10.5 Å². The van der Waals surface area contributed by atoms with E-state index in [-0.39, 0.29) is 6.04 Å². The zero-order valence-corrected chi connectivity index (χ0v) is 13.5. The predicted molar refractivity (Wildman–Crippen MR) is 95.0 cm³/mol. The molecule has 3 rings (SSSR count). The number of para-hydroxylation sites is 2. The molecule has 6 nitrogen and oxygen atoms in total. The van der Waals surface area contributed by atoms with Gasteiger partial charge in [-0.15, -0.1) is 0 Å². The van der Waals surface area contributed by atoms with Gasteiger partial charge in [0.2, 0.25) is 0 Å². The van der Waals surface area contributed by atoms with Crippen molar-refractivity contribution < 1.29 is 9.53 Å². The Hall–Kier alpha value is -2.76. The number of ether oxygens (including phenoxy) is 1. The summed E-state index contributed by atoms with van der Waals surface area (Å²) in [6.45, 7) is 1.31. The van der Waals surface area contributed by atoms with E-state index in [0.29, 0.717) is 18.0 Å². The third-order valence-corrected chi connectivity index (χ3v) is 4.23. The van der Waals surface area contributed by atoms with Crippen LogP contribution in [-0.4, -0.2) is 30.3 Å². The van der Waals surface area contributed by atoms with Crippen LogP contribution in [0.25, 0.3) is 0 Å². The largest absolute Gasteiger partial charge is 0.447 e. The van der Waals surface area contributed by atoms with Crippen LogP contribution in [0.1, 0.15) is 19.3 Å². The Morgan fingerprint density at radius 3 is 2.83 bits per heavy atom. The fraction of sp³-hybridized carbons (Fsp3) is 0.333. The minimum Gasteiger partial charge on any atom is -0.447 e. The monoisotopic (exact) mass is 326 g/mol. The Labute approximate surface area is 141 Å². The highest BCUT2D eigenvalue weighted by Crippen LogP contribution is 2.24. The number of nitrogens with one attached hydrogen (secondary N) is 1. The van der Waals surface area contributed by atoms with Crippen molar-refractivity contribution >= 4 is 23.2 Å². The van der Waals surface area contributed by atoms with E-state index >= 15 is 0 Å². The number of anilines is 3. The molecular formula is C18H22N4O2. The molecule has 2 aromatic rings. The molecule has 2 heterocycles. The molecule has 0 aliphatic carbocycles. The summed E-state index contributed by atoms with van der Waals surface area (Å²) in [5.74, 6) is 0. The van der Waals surface area contributed by atoms with Gasteiger partial charge in [-0.25, -0.2) is 4.79 Å². The minimum atomic E-state index is -0.479. The van der Waals surface area contributed by atoms with Crippen LogP contribution in [0.5, 0.6) is 0 Å². The number of benzene rings is 1. The van der Waals surface area contributed by atoms with Gasteiger partial charge >= 0.3 is 6.09 Å². The molecule has 0 saturated carbocycles. The molecule has 1 amide bonds. The molecule has 1 atom stereocenters. The number of rotatable bonds is 4. The number of nitrogen functional groups attached to an aromatic ring is 1. The summed E-state index contributed by atoms with van der Waals surface area (Å²) in [6.07, 6.45) is 6.38. The molecule has 1 aromatic carbocycles. The Kier molecular flexibility index (Phi) is 5.15. The van der Waals surface area contributed by atoms with Crippen LogP contribution in [0, 0.1) is 0 Å². The van der Waals surface area contributed by atoms with Crippen LogP contribution in [0.15, 0.2) is 48.8 Å². The lowest BCUT2D eigenvalue weighted by atomic mass is 10.0. The van der Waals surface area contributed by atoms with E-state index in [2.05, 4.69) is 15.2 Å². The normalized spacial score (nSPS) is 17.3. The van der Waals surface area contributed by atoms with E-state index < -0.39 is 6.09 Å². The maximum atomic E-state index is 12.0. The summed E-state index contributed by atoms with van der Waals surface area (Å²) in [4.78, 5) is 18.4. The zero-order valence-electron chi connectivity index (χ0n) is 13.5. The summed E-state index contributed by atoms with van der Waals surface area (Å²) >= 11 is 0. The Morgan fingerprint density at radius 2 is 2.04 bits per heavy atom. The van der Waals surface area contributed by atoms with Gasteiger partial charge in [-0.05, 0) is 43.5 Å². The molecule has 0 radical (unpaired) electrons. The molecular weight excluding hydrogens is 304 g/mol. The average molecular weight is 326 g/mol. The van der Waals surface area contributed by atoms with Crippen LogP contribution in [0.2, 0.25) is 0 Å². The average Bonchev–Trinajstić information content (AvgIpc) is 2.63. The highest BCUT2D eigenvalue weighted by atomic mass is 16.5. The van der Waals surface area contributed by atoms with Gasteiger partial charge in [0.25, 0.3) is 0 Å². The molecule has 0 bridgehead atoms. The molecule has 126 valence electrons. The SMILES string of the molecule is Nc1ccccc1NC(=O)OCC1CCCCN1c1ccncc1. The van der Waals surface area contributed by atoms with E-state index in [1.807, 2.05) is 24.3 Å². The number of nitrogens with zero attached hydrogens (tertiary/aromatic N) is 2. The summed E-state index contributed by atoms with van der Waals surface area (Å²) < 4.78 is 5.43. The highest BCUT2D eigenvalue weighted by molar-refractivity contribution is 5.88. The summed E-state index contributed by atoms with van der Waals surface area (Å²) in [5, 5.41) is 2.69. The standard InChI is InChI=1S/C18H22N4O2/c19-16-6-1-2-7-17(16)21-18(23)24-13-15-5-3-4-12-22(15)14-8-10-20-11-9-14/h1-2,6-11,15H,3-5,12-13,19H2,(H,21,23). The summed E-state index contributed by atoms with van der Waals surface area (Å²) in [6, 6.07) is 11.3. The number of hydrogen-bond donors (Lipinski definition) is 2. The number of amides is 1. The van der Waals surface area contributed by atoms with E-state index in [1.165, 1.54) is 0 Å². The number of pyridine rings is 1. The van der Waals surface area contributed by atoms with Crippen molar-refractivity contribution in [1.82, 2.24) is 4.98 Å². The molecule has 1 saturated heterocycles. The lowest BCUT2D eigenvalue weighted by Gasteiger charge is -2.37. The minimum absolute atomic E-state index is 0.181. The van der Waals surface area contributed by atoms with E-state index in [9.17, 15) is 4.79 Å². The van der Waals surface area contributed by atoms with Crippen LogP contribution in [-0.2, 0) is 4.74 Å². The van der Waals surface area contributed by atoms with Crippen LogP contribution in [0.4, 0.5) is 21.9 Å². The zero-order chi connectivity index (χ0) is 16.8. The molecule has 3 N–H and O–H groups in total. The first-order valence-electron chi connectivity index (χ1n) is 8.19. The Bertz CT molecular complexity index is 678. The molecule has 1 unspecified atom stereocenters. The van der Waals surface area contributed by atoms with Crippen molar-refractivity contribution in [2.75, 3.05) is 29.1 Å². The van der Waals surface area contributed by atoms with Crippen molar-refractivity contribution in [3.05, 3.63) is 48.8 Å².